The lowest BCUT2D eigenvalue weighted by Gasteiger charge is -2.24. The number of rotatable bonds is 1. The Kier molecular flexibility index (Phi) is 3.32. The third-order valence-corrected chi connectivity index (χ3v) is 3.03. The lowest BCUT2D eigenvalue weighted by atomic mass is 9.84. The van der Waals surface area contributed by atoms with Gasteiger partial charge < -0.3 is 0 Å². The average Bonchev–Trinajstić information content (AvgIpc) is 1.62. The van der Waals surface area contributed by atoms with Gasteiger partial charge in [0.1, 0.15) is 0 Å². The first-order valence-corrected chi connectivity index (χ1v) is 4.57. The van der Waals surface area contributed by atoms with Crippen LogP contribution in [0.25, 0.3) is 0 Å². The van der Waals surface area contributed by atoms with E-state index in [1.165, 1.54) is 4.43 Å². The zero-order chi connectivity index (χ0) is 6.78. The first-order valence-electron chi connectivity index (χ1n) is 3.04. The Bertz CT molecular complexity index is 61.3. The lowest BCUT2D eigenvalue weighted by Crippen LogP contribution is -2.17. The third kappa shape index (κ3) is 2.90. The van der Waals surface area contributed by atoms with E-state index in [1.807, 2.05) is 0 Å². The summed E-state index contributed by atoms with van der Waals surface area (Å²) in [5, 5.41) is 0. The number of hydrogen-bond donors (Lipinski definition) is 0. The highest BCUT2D eigenvalue weighted by Crippen LogP contribution is 2.26. The average molecular weight is 226 g/mol. The molecule has 0 rings (SSSR count). The second-order valence-corrected chi connectivity index (χ2v) is 4.30. The molecule has 0 aliphatic rings. The summed E-state index contributed by atoms with van der Waals surface area (Å²) in [6.45, 7) is 9.16. The van der Waals surface area contributed by atoms with Gasteiger partial charge in [-0.3, -0.25) is 0 Å². The Labute approximate surface area is 66.2 Å². The van der Waals surface area contributed by atoms with Crippen molar-refractivity contribution >= 4 is 22.6 Å². The molecule has 0 heterocycles. The maximum absolute atomic E-state index is 2.44. The Balaban J connectivity index is 3.62. The third-order valence-electron chi connectivity index (χ3n) is 1.71. The summed E-state index contributed by atoms with van der Waals surface area (Å²) >= 11 is 2.44. The van der Waals surface area contributed by atoms with Gasteiger partial charge in [-0.15, -0.1) is 0 Å². The van der Waals surface area contributed by atoms with Crippen molar-refractivity contribution in [2.75, 3.05) is 4.43 Å². The van der Waals surface area contributed by atoms with E-state index >= 15 is 0 Å². The molecule has 0 saturated carbocycles. The van der Waals surface area contributed by atoms with Crippen molar-refractivity contribution < 1.29 is 0 Å². The molecule has 0 fully saturated rings. The van der Waals surface area contributed by atoms with Crippen LogP contribution in [-0.2, 0) is 0 Å². The molecule has 0 aromatic heterocycles. The van der Waals surface area contributed by atoms with Gasteiger partial charge in [0, 0.05) is 4.43 Å². The molecule has 1 atom stereocenters. The Morgan fingerprint density at radius 3 is 1.75 bits per heavy atom. The Morgan fingerprint density at radius 1 is 1.38 bits per heavy atom. The molecule has 0 bridgehead atoms. The molecule has 0 saturated heterocycles. The van der Waals surface area contributed by atoms with E-state index in [1.54, 1.807) is 0 Å². The zero-order valence-electron chi connectivity index (χ0n) is 6.16. The maximum atomic E-state index is 2.44. The van der Waals surface area contributed by atoms with Crippen LogP contribution >= 0.6 is 22.6 Å². The van der Waals surface area contributed by atoms with Crippen molar-refractivity contribution in [1.82, 2.24) is 0 Å². The van der Waals surface area contributed by atoms with E-state index < -0.39 is 0 Å². The monoisotopic (exact) mass is 226 g/mol. The van der Waals surface area contributed by atoms with Crippen LogP contribution in [0.3, 0.4) is 0 Å². The smallest absolute Gasteiger partial charge is 0.00260 e. The predicted octanol–water partition coefficient (Wildman–Crippen LogP) is 3.10. The van der Waals surface area contributed by atoms with Gasteiger partial charge in [0.05, 0.1) is 0 Å². The van der Waals surface area contributed by atoms with E-state index in [0.29, 0.717) is 5.41 Å². The molecule has 0 unspecified atom stereocenters. The summed E-state index contributed by atoms with van der Waals surface area (Å²) in [5.41, 5.74) is 0.501. The molecule has 8 heavy (non-hydrogen) atoms. The normalized spacial score (nSPS) is 16.1. The minimum atomic E-state index is 0.501. The fraction of sp³-hybridized carbons (Fsp3) is 1.00. The van der Waals surface area contributed by atoms with Crippen molar-refractivity contribution in [2.24, 2.45) is 11.3 Å². The second-order valence-electron chi connectivity index (χ2n) is 3.42. The standard InChI is InChI=1S/C7H15I/c1-6(5-8)7(2,3)4/h6H,5H2,1-4H3/t6-/m1/s1. The number of alkyl halides is 1. The van der Waals surface area contributed by atoms with Gasteiger partial charge in [-0.2, -0.15) is 0 Å². The van der Waals surface area contributed by atoms with Crippen molar-refractivity contribution in [1.29, 1.82) is 0 Å². The fourth-order valence-corrected chi connectivity index (χ4v) is 1.55. The molecular weight excluding hydrogens is 211 g/mol. The second kappa shape index (κ2) is 3.04. The van der Waals surface area contributed by atoms with Gasteiger partial charge in [0.2, 0.25) is 0 Å². The number of hydrogen-bond acceptors (Lipinski definition) is 0. The molecule has 0 radical (unpaired) electrons. The fourth-order valence-electron chi connectivity index (χ4n) is 0.231. The van der Waals surface area contributed by atoms with Crippen LogP contribution in [0.15, 0.2) is 0 Å². The SMILES string of the molecule is C[C@H](CI)C(C)(C)C. The molecule has 0 aromatic rings. The van der Waals surface area contributed by atoms with Crippen LogP contribution < -0.4 is 0 Å². The molecule has 0 aliphatic heterocycles. The van der Waals surface area contributed by atoms with Gasteiger partial charge in [0.25, 0.3) is 0 Å². The predicted molar refractivity (Wildman–Crippen MR) is 47.5 cm³/mol. The van der Waals surface area contributed by atoms with Crippen LogP contribution in [0.4, 0.5) is 0 Å². The van der Waals surface area contributed by atoms with Gasteiger partial charge in [0.15, 0.2) is 0 Å². The van der Waals surface area contributed by atoms with Gasteiger partial charge in [-0.05, 0) is 11.3 Å². The van der Waals surface area contributed by atoms with Crippen molar-refractivity contribution in [3.8, 4) is 0 Å². The summed E-state index contributed by atoms with van der Waals surface area (Å²) in [6, 6.07) is 0. The van der Waals surface area contributed by atoms with E-state index in [4.69, 9.17) is 0 Å². The maximum Gasteiger partial charge on any atom is 0.00260 e. The molecule has 0 aliphatic carbocycles. The summed E-state index contributed by atoms with van der Waals surface area (Å²) in [6.07, 6.45) is 0. The lowest BCUT2D eigenvalue weighted by molar-refractivity contribution is 0.292. The van der Waals surface area contributed by atoms with E-state index in [9.17, 15) is 0 Å². The summed E-state index contributed by atoms with van der Waals surface area (Å²) in [7, 11) is 0. The highest BCUT2D eigenvalue weighted by molar-refractivity contribution is 14.1. The number of halogens is 1. The minimum Gasteiger partial charge on any atom is -0.0861 e. The summed E-state index contributed by atoms with van der Waals surface area (Å²) in [4.78, 5) is 0. The molecule has 50 valence electrons. The van der Waals surface area contributed by atoms with Crippen molar-refractivity contribution in [2.45, 2.75) is 27.7 Å². The van der Waals surface area contributed by atoms with Crippen LogP contribution in [0.5, 0.6) is 0 Å². The highest BCUT2D eigenvalue weighted by atomic mass is 127. The molecule has 0 amide bonds. The quantitative estimate of drug-likeness (QED) is 0.476. The molecule has 0 N–H and O–H groups in total. The molecule has 0 aromatic carbocycles. The van der Waals surface area contributed by atoms with E-state index in [-0.39, 0.29) is 0 Å². The Hall–Kier alpha value is 0.730. The Morgan fingerprint density at radius 2 is 1.75 bits per heavy atom. The molecule has 0 nitrogen and oxygen atoms in total. The first-order chi connectivity index (χ1) is 3.48. The molecular formula is C7H15I. The van der Waals surface area contributed by atoms with Gasteiger partial charge >= 0.3 is 0 Å². The van der Waals surface area contributed by atoms with E-state index in [0.717, 1.165) is 5.92 Å². The van der Waals surface area contributed by atoms with Crippen LogP contribution in [0, 0.1) is 11.3 Å². The van der Waals surface area contributed by atoms with E-state index in [2.05, 4.69) is 50.3 Å². The topological polar surface area (TPSA) is 0 Å². The first kappa shape index (κ1) is 8.73. The summed E-state index contributed by atoms with van der Waals surface area (Å²) < 4.78 is 1.27. The zero-order valence-corrected chi connectivity index (χ0v) is 8.32. The minimum absolute atomic E-state index is 0.501. The largest absolute Gasteiger partial charge is 0.0861 e. The van der Waals surface area contributed by atoms with Gasteiger partial charge in [-0.1, -0.05) is 50.3 Å². The summed E-state index contributed by atoms with van der Waals surface area (Å²) in [5.74, 6) is 0.836. The van der Waals surface area contributed by atoms with Crippen LogP contribution in [0.2, 0.25) is 0 Å². The molecule has 1 heteroatoms. The van der Waals surface area contributed by atoms with Crippen molar-refractivity contribution in [3.05, 3.63) is 0 Å². The van der Waals surface area contributed by atoms with Crippen LogP contribution in [-0.4, -0.2) is 4.43 Å². The highest BCUT2D eigenvalue weighted by Gasteiger charge is 2.17. The van der Waals surface area contributed by atoms with Crippen LogP contribution in [0.1, 0.15) is 27.7 Å². The van der Waals surface area contributed by atoms with Gasteiger partial charge in [-0.25, -0.2) is 0 Å². The van der Waals surface area contributed by atoms with Crippen molar-refractivity contribution in [3.63, 3.8) is 0 Å². The molecule has 0 spiro atoms.